The molecule has 2 aromatic heterocycles. The lowest BCUT2D eigenvalue weighted by atomic mass is 10.1. The summed E-state index contributed by atoms with van der Waals surface area (Å²) in [7, 11) is 1.65. The second-order valence-electron chi connectivity index (χ2n) is 6.96. The number of ether oxygens (including phenoxy) is 1. The van der Waals surface area contributed by atoms with Gasteiger partial charge in [0.25, 0.3) is 0 Å². The highest BCUT2D eigenvalue weighted by Gasteiger charge is 2.22. The van der Waals surface area contributed by atoms with E-state index in [9.17, 15) is 4.79 Å². The number of para-hydroxylation sites is 1. The SMILES string of the molecule is COc1ccc(CC(=O)N(Cc2ccco2)c2nc3c(C)cccc3s2)cc1C. The van der Waals surface area contributed by atoms with E-state index in [1.165, 1.54) is 11.3 Å². The van der Waals surface area contributed by atoms with Gasteiger partial charge in [0.15, 0.2) is 5.13 Å². The molecule has 0 radical (unpaired) electrons. The third kappa shape index (κ3) is 4.03. The summed E-state index contributed by atoms with van der Waals surface area (Å²) in [5.41, 5.74) is 3.98. The molecule has 0 saturated heterocycles. The summed E-state index contributed by atoms with van der Waals surface area (Å²) in [6, 6.07) is 15.6. The van der Waals surface area contributed by atoms with Crippen LogP contribution in [0.2, 0.25) is 0 Å². The van der Waals surface area contributed by atoms with Crippen LogP contribution < -0.4 is 9.64 Å². The van der Waals surface area contributed by atoms with Crippen molar-refractivity contribution in [1.29, 1.82) is 0 Å². The van der Waals surface area contributed by atoms with E-state index in [4.69, 9.17) is 14.1 Å². The predicted octanol–water partition coefficient (Wildman–Crippen LogP) is 5.29. The van der Waals surface area contributed by atoms with Crippen LogP contribution in [0.5, 0.6) is 5.75 Å². The van der Waals surface area contributed by atoms with Crippen molar-refractivity contribution in [3.63, 3.8) is 0 Å². The van der Waals surface area contributed by atoms with E-state index in [1.54, 1.807) is 18.3 Å². The van der Waals surface area contributed by atoms with E-state index in [-0.39, 0.29) is 12.3 Å². The van der Waals surface area contributed by atoms with E-state index >= 15 is 0 Å². The second kappa shape index (κ2) is 8.09. The smallest absolute Gasteiger partial charge is 0.233 e. The Hall–Kier alpha value is -3.12. The Labute approximate surface area is 173 Å². The maximum atomic E-state index is 13.3. The monoisotopic (exact) mass is 406 g/mol. The van der Waals surface area contributed by atoms with Gasteiger partial charge >= 0.3 is 0 Å². The third-order valence-corrected chi connectivity index (χ3v) is 5.89. The van der Waals surface area contributed by atoms with Crippen LogP contribution in [0, 0.1) is 13.8 Å². The Kier molecular flexibility index (Phi) is 5.36. The number of methoxy groups -OCH3 is 1. The molecule has 0 spiro atoms. The fourth-order valence-corrected chi connectivity index (χ4v) is 4.39. The highest BCUT2D eigenvalue weighted by molar-refractivity contribution is 7.22. The molecule has 0 aliphatic heterocycles. The van der Waals surface area contributed by atoms with Crippen molar-refractivity contribution in [2.24, 2.45) is 0 Å². The van der Waals surface area contributed by atoms with Gasteiger partial charge in [-0.25, -0.2) is 4.98 Å². The molecule has 0 aliphatic carbocycles. The minimum Gasteiger partial charge on any atom is -0.496 e. The van der Waals surface area contributed by atoms with Crippen LogP contribution in [0.25, 0.3) is 10.2 Å². The number of fused-ring (bicyclic) bond motifs is 1. The highest BCUT2D eigenvalue weighted by atomic mass is 32.1. The van der Waals surface area contributed by atoms with Crippen molar-refractivity contribution in [2.75, 3.05) is 12.0 Å². The van der Waals surface area contributed by atoms with Gasteiger partial charge in [0.05, 0.1) is 36.6 Å². The van der Waals surface area contributed by atoms with E-state index in [0.29, 0.717) is 11.7 Å². The summed E-state index contributed by atoms with van der Waals surface area (Å²) in [6.45, 7) is 4.36. The molecule has 148 valence electrons. The summed E-state index contributed by atoms with van der Waals surface area (Å²) in [5, 5.41) is 0.681. The molecule has 0 N–H and O–H groups in total. The summed E-state index contributed by atoms with van der Waals surface area (Å²) in [5.74, 6) is 1.51. The number of nitrogens with zero attached hydrogens (tertiary/aromatic N) is 2. The molecule has 0 saturated carbocycles. The van der Waals surface area contributed by atoms with Crippen LogP contribution in [-0.2, 0) is 17.8 Å². The van der Waals surface area contributed by atoms with Crippen molar-refractivity contribution in [1.82, 2.24) is 4.98 Å². The number of carbonyl (C=O) groups is 1. The average molecular weight is 407 g/mol. The zero-order chi connectivity index (χ0) is 20.4. The van der Waals surface area contributed by atoms with Crippen molar-refractivity contribution < 1.29 is 13.9 Å². The van der Waals surface area contributed by atoms with Crippen molar-refractivity contribution in [3.8, 4) is 5.75 Å². The van der Waals surface area contributed by atoms with Gasteiger partial charge in [-0.2, -0.15) is 0 Å². The predicted molar refractivity (Wildman–Crippen MR) is 116 cm³/mol. The first-order valence-corrected chi connectivity index (χ1v) is 10.2. The normalized spacial score (nSPS) is 11.0. The van der Waals surface area contributed by atoms with Crippen LogP contribution in [0.15, 0.2) is 59.2 Å². The van der Waals surface area contributed by atoms with Crippen molar-refractivity contribution in [3.05, 3.63) is 77.2 Å². The number of hydrogen-bond acceptors (Lipinski definition) is 5. The van der Waals surface area contributed by atoms with Gasteiger partial charge in [-0.3, -0.25) is 9.69 Å². The molecular weight excluding hydrogens is 384 g/mol. The van der Waals surface area contributed by atoms with Gasteiger partial charge in [0.1, 0.15) is 11.5 Å². The molecule has 2 heterocycles. The number of carbonyl (C=O) groups excluding carboxylic acids is 1. The van der Waals surface area contributed by atoms with E-state index in [1.807, 2.05) is 62.4 Å². The minimum atomic E-state index is -0.0253. The Morgan fingerprint density at radius 2 is 2.00 bits per heavy atom. The summed E-state index contributed by atoms with van der Waals surface area (Å²) in [4.78, 5) is 19.8. The van der Waals surface area contributed by atoms with Crippen LogP contribution in [-0.4, -0.2) is 18.0 Å². The number of aromatic nitrogens is 1. The first kappa shape index (κ1) is 19.2. The molecule has 6 heteroatoms. The number of benzene rings is 2. The lowest BCUT2D eigenvalue weighted by Crippen LogP contribution is -2.31. The summed E-state index contributed by atoms with van der Waals surface area (Å²) < 4.78 is 11.9. The largest absolute Gasteiger partial charge is 0.496 e. The fraction of sp³-hybridized carbons (Fsp3) is 0.217. The van der Waals surface area contributed by atoms with Gasteiger partial charge in [-0.1, -0.05) is 35.6 Å². The Bertz CT molecular complexity index is 1150. The van der Waals surface area contributed by atoms with Crippen molar-refractivity contribution in [2.45, 2.75) is 26.8 Å². The standard InChI is InChI=1S/C23H22N2O3S/c1-15-6-4-8-20-22(15)24-23(29-20)25(14-18-7-5-11-28-18)21(26)13-17-9-10-19(27-3)16(2)12-17/h4-12H,13-14H2,1-3H3. The topological polar surface area (TPSA) is 55.6 Å². The molecule has 0 fully saturated rings. The molecule has 1 amide bonds. The van der Waals surface area contributed by atoms with Crippen LogP contribution >= 0.6 is 11.3 Å². The Morgan fingerprint density at radius 3 is 2.69 bits per heavy atom. The van der Waals surface area contributed by atoms with Gasteiger partial charge in [0.2, 0.25) is 5.91 Å². The highest BCUT2D eigenvalue weighted by Crippen LogP contribution is 2.32. The molecule has 0 aliphatic rings. The molecule has 4 aromatic rings. The van der Waals surface area contributed by atoms with E-state index in [2.05, 4.69) is 0 Å². The number of thiazole rings is 1. The maximum Gasteiger partial charge on any atom is 0.233 e. The lowest BCUT2D eigenvalue weighted by molar-refractivity contribution is -0.118. The van der Waals surface area contributed by atoms with Gasteiger partial charge in [-0.15, -0.1) is 0 Å². The lowest BCUT2D eigenvalue weighted by Gasteiger charge is -2.19. The Balaban J connectivity index is 1.66. The number of aryl methyl sites for hydroxylation is 2. The second-order valence-corrected chi connectivity index (χ2v) is 7.97. The van der Waals surface area contributed by atoms with Crippen molar-refractivity contribution >= 4 is 32.6 Å². The summed E-state index contributed by atoms with van der Waals surface area (Å²) in [6.07, 6.45) is 1.90. The molecule has 4 rings (SSSR count). The Morgan fingerprint density at radius 1 is 1.14 bits per heavy atom. The number of rotatable bonds is 6. The molecule has 5 nitrogen and oxygen atoms in total. The zero-order valence-electron chi connectivity index (χ0n) is 16.6. The number of furan rings is 1. The maximum absolute atomic E-state index is 13.3. The molecule has 0 atom stereocenters. The quantitative estimate of drug-likeness (QED) is 0.436. The molecule has 0 bridgehead atoms. The summed E-state index contributed by atoms with van der Waals surface area (Å²) >= 11 is 1.52. The van der Waals surface area contributed by atoms with E-state index in [0.717, 1.165) is 38.4 Å². The van der Waals surface area contributed by atoms with Crippen LogP contribution in [0.4, 0.5) is 5.13 Å². The van der Waals surface area contributed by atoms with Gasteiger partial charge < -0.3 is 9.15 Å². The average Bonchev–Trinajstić information content (AvgIpc) is 3.36. The minimum absolute atomic E-state index is 0.0253. The van der Waals surface area contributed by atoms with Crippen LogP contribution in [0.1, 0.15) is 22.5 Å². The van der Waals surface area contributed by atoms with Crippen LogP contribution in [0.3, 0.4) is 0 Å². The first-order chi connectivity index (χ1) is 14.0. The van der Waals surface area contributed by atoms with Gasteiger partial charge in [-0.05, 0) is 54.8 Å². The number of amides is 1. The van der Waals surface area contributed by atoms with Gasteiger partial charge in [0, 0.05) is 0 Å². The zero-order valence-corrected chi connectivity index (χ0v) is 17.5. The third-order valence-electron chi connectivity index (χ3n) is 4.85. The fourth-order valence-electron chi connectivity index (χ4n) is 3.33. The first-order valence-electron chi connectivity index (χ1n) is 9.37. The molecular formula is C23H22N2O3S. The molecule has 0 unspecified atom stereocenters. The molecule has 29 heavy (non-hydrogen) atoms. The molecule has 2 aromatic carbocycles. The number of hydrogen-bond donors (Lipinski definition) is 0. The number of anilines is 1. The van der Waals surface area contributed by atoms with E-state index < -0.39 is 0 Å².